The molecule has 0 saturated carbocycles. The Morgan fingerprint density at radius 2 is 1.41 bits per heavy atom. The van der Waals surface area contributed by atoms with Gasteiger partial charge in [0.1, 0.15) is 18.4 Å². The van der Waals surface area contributed by atoms with Gasteiger partial charge in [-0.1, -0.05) is 115 Å². The molecule has 3 heterocycles. The number of allylic oxidation sites excluding steroid dienone is 7. The van der Waals surface area contributed by atoms with E-state index in [2.05, 4.69) is 197 Å². The summed E-state index contributed by atoms with van der Waals surface area (Å²) in [5.41, 5.74) is 13.0. The molecule has 2 aliphatic heterocycles. The van der Waals surface area contributed by atoms with Crippen molar-refractivity contribution in [2.45, 2.75) is 111 Å². The summed E-state index contributed by atoms with van der Waals surface area (Å²) in [5, 5.41) is 0. The van der Waals surface area contributed by atoms with Gasteiger partial charge in [0, 0.05) is 77.3 Å². The van der Waals surface area contributed by atoms with E-state index in [1.54, 1.807) is 0 Å². The van der Waals surface area contributed by atoms with Gasteiger partial charge in [0.05, 0.1) is 5.41 Å². The molecule has 290 valence electrons. The second-order valence-corrected chi connectivity index (χ2v) is 17.3. The van der Waals surface area contributed by atoms with E-state index in [9.17, 15) is 0 Å². The van der Waals surface area contributed by atoms with Gasteiger partial charge in [0.15, 0.2) is 18.1 Å². The fraction of sp³-hybridized carbons (Fsp3) is 0.385. The molecule has 1 atom stereocenters. The normalized spacial score (nSPS) is 19.2. The number of ether oxygens (including phenoxy) is 1. The molecular formula is C52H63N3O+2. The SMILES string of the molecule is CCCCN1/C(=C/C=C2\CCC(/C=C/C3=[N+](CCCC)c4ccccc4C3(C)C)=C2OC(c2cc[n+](-c3ccccc3)cc2)C(C)C)C(C)(C)c2ccccc21. The van der Waals surface area contributed by atoms with E-state index in [0.717, 1.165) is 50.2 Å². The van der Waals surface area contributed by atoms with Crippen molar-refractivity contribution in [1.82, 2.24) is 0 Å². The van der Waals surface area contributed by atoms with Crippen LogP contribution in [0.3, 0.4) is 0 Å². The van der Waals surface area contributed by atoms with Gasteiger partial charge >= 0.3 is 0 Å². The van der Waals surface area contributed by atoms with Crippen LogP contribution in [0.4, 0.5) is 11.4 Å². The lowest BCUT2D eigenvalue weighted by atomic mass is 9.81. The predicted molar refractivity (Wildman–Crippen MR) is 234 cm³/mol. The molecule has 1 unspecified atom stereocenters. The summed E-state index contributed by atoms with van der Waals surface area (Å²) in [6.07, 6.45) is 20.4. The van der Waals surface area contributed by atoms with Gasteiger partial charge in [-0.05, 0) is 74.0 Å². The van der Waals surface area contributed by atoms with E-state index in [4.69, 9.17) is 4.74 Å². The second kappa shape index (κ2) is 16.6. The first kappa shape index (κ1) is 39.3. The number of nitrogens with zero attached hydrogens (tertiary/aromatic N) is 3. The summed E-state index contributed by atoms with van der Waals surface area (Å²) in [5.74, 6) is 1.31. The molecule has 0 radical (unpaired) electrons. The third-order valence-corrected chi connectivity index (χ3v) is 12.3. The van der Waals surface area contributed by atoms with E-state index in [0.29, 0.717) is 0 Å². The van der Waals surface area contributed by atoms with Crippen LogP contribution < -0.4 is 9.47 Å². The number of aromatic nitrogens is 1. The highest BCUT2D eigenvalue weighted by Gasteiger charge is 2.44. The van der Waals surface area contributed by atoms with Crippen LogP contribution in [0.25, 0.3) is 5.69 Å². The number of benzene rings is 3. The lowest BCUT2D eigenvalue weighted by molar-refractivity contribution is -0.595. The maximum atomic E-state index is 7.36. The van der Waals surface area contributed by atoms with Gasteiger partial charge in [0.2, 0.25) is 11.4 Å². The number of hydrogen-bond acceptors (Lipinski definition) is 2. The van der Waals surface area contributed by atoms with Crippen LogP contribution in [0, 0.1) is 5.92 Å². The smallest absolute Gasteiger partial charge is 0.210 e. The van der Waals surface area contributed by atoms with E-state index in [-0.39, 0.29) is 22.9 Å². The lowest BCUT2D eigenvalue weighted by Crippen LogP contribution is -2.29. The average molecular weight is 746 g/mol. The summed E-state index contributed by atoms with van der Waals surface area (Å²) in [4.78, 5) is 2.57. The summed E-state index contributed by atoms with van der Waals surface area (Å²) in [6, 6.07) is 32.9. The fourth-order valence-corrected chi connectivity index (χ4v) is 9.04. The molecule has 3 aliphatic rings. The van der Waals surface area contributed by atoms with E-state index < -0.39 is 0 Å². The lowest BCUT2D eigenvalue weighted by Gasteiger charge is -2.27. The molecule has 0 spiro atoms. The van der Waals surface area contributed by atoms with Gasteiger partial charge in [-0.2, -0.15) is 9.14 Å². The number of unbranched alkanes of at least 4 members (excludes halogenated alkanes) is 2. The minimum Gasteiger partial charge on any atom is -0.485 e. The Bertz CT molecular complexity index is 2180. The van der Waals surface area contributed by atoms with Crippen molar-refractivity contribution in [3.8, 4) is 5.69 Å². The van der Waals surface area contributed by atoms with Crippen LogP contribution in [0.15, 0.2) is 150 Å². The standard InChI is InChI=1S/C52H63N3O/c1-9-11-34-54-45-24-18-16-22-43(45)51(5,6)47(54)30-28-39-26-27-40(29-31-48-52(7,8)44-23-17-19-25-46(44)55(48)35-12-10-2)50(39)56-49(38(3)4)41-32-36-53(37-33-41)42-20-14-13-15-21-42/h13-25,28-33,36-38,49H,9-12,26-27,34-35H2,1-8H3/q+2. The molecule has 3 aromatic carbocycles. The summed E-state index contributed by atoms with van der Waals surface area (Å²) in [6.45, 7) is 20.7. The van der Waals surface area contributed by atoms with Crippen molar-refractivity contribution < 1.29 is 13.9 Å². The molecule has 0 fully saturated rings. The van der Waals surface area contributed by atoms with Gasteiger partial charge in [-0.3, -0.25) is 0 Å². The van der Waals surface area contributed by atoms with Crippen molar-refractivity contribution in [2.24, 2.45) is 5.92 Å². The number of anilines is 1. The Morgan fingerprint density at radius 1 is 0.732 bits per heavy atom. The van der Waals surface area contributed by atoms with Crippen LogP contribution in [0.5, 0.6) is 0 Å². The Morgan fingerprint density at radius 3 is 2.12 bits per heavy atom. The quantitative estimate of drug-likeness (QED) is 0.120. The maximum absolute atomic E-state index is 7.36. The molecule has 4 aromatic rings. The molecule has 56 heavy (non-hydrogen) atoms. The third kappa shape index (κ3) is 7.60. The number of fused-ring (bicyclic) bond motifs is 2. The molecule has 4 heteroatoms. The third-order valence-electron chi connectivity index (χ3n) is 12.3. The zero-order chi connectivity index (χ0) is 39.5. The van der Waals surface area contributed by atoms with Crippen molar-refractivity contribution >= 4 is 17.1 Å². The monoisotopic (exact) mass is 745 g/mol. The molecule has 4 nitrogen and oxygen atoms in total. The van der Waals surface area contributed by atoms with Gasteiger partial charge in [-0.25, -0.2) is 0 Å². The Balaban J connectivity index is 1.31. The summed E-state index contributed by atoms with van der Waals surface area (Å²) in [7, 11) is 0. The van der Waals surface area contributed by atoms with Crippen LogP contribution in [0.1, 0.15) is 117 Å². The molecule has 1 aliphatic carbocycles. The van der Waals surface area contributed by atoms with Crippen molar-refractivity contribution in [3.05, 3.63) is 167 Å². The van der Waals surface area contributed by atoms with E-state index >= 15 is 0 Å². The Kier molecular flexibility index (Phi) is 11.7. The second-order valence-electron chi connectivity index (χ2n) is 17.3. The molecule has 0 saturated heterocycles. The first-order chi connectivity index (χ1) is 27.1. The molecule has 0 bridgehead atoms. The minimum absolute atomic E-state index is 0.0895. The number of hydrogen-bond donors (Lipinski definition) is 0. The van der Waals surface area contributed by atoms with Crippen LogP contribution >= 0.6 is 0 Å². The average Bonchev–Trinajstić information content (AvgIpc) is 3.77. The molecule has 7 rings (SSSR count). The molecule has 1 aromatic heterocycles. The highest BCUT2D eigenvalue weighted by Crippen LogP contribution is 2.48. The maximum Gasteiger partial charge on any atom is 0.210 e. The number of pyridine rings is 1. The molecule has 0 N–H and O–H groups in total. The largest absolute Gasteiger partial charge is 0.485 e. The van der Waals surface area contributed by atoms with Crippen molar-refractivity contribution in [2.75, 3.05) is 18.0 Å². The Labute approximate surface area is 337 Å². The Hall–Kier alpha value is -4.96. The first-order valence-corrected chi connectivity index (χ1v) is 21.2. The number of rotatable bonds is 14. The van der Waals surface area contributed by atoms with Crippen LogP contribution in [-0.4, -0.2) is 23.4 Å². The fourth-order valence-electron chi connectivity index (χ4n) is 9.04. The van der Waals surface area contributed by atoms with Crippen molar-refractivity contribution in [3.63, 3.8) is 0 Å². The zero-order valence-electron chi connectivity index (χ0n) is 35.2. The number of para-hydroxylation sites is 3. The summed E-state index contributed by atoms with van der Waals surface area (Å²) >= 11 is 0. The minimum atomic E-state index is -0.0953. The van der Waals surface area contributed by atoms with Gasteiger partial charge in [-0.15, -0.1) is 0 Å². The van der Waals surface area contributed by atoms with E-state index in [1.807, 2.05) is 0 Å². The molecule has 0 amide bonds. The topological polar surface area (TPSA) is 19.4 Å². The van der Waals surface area contributed by atoms with Gasteiger partial charge < -0.3 is 9.64 Å². The van der Waals surface area contributed by atoms with Gasteiger partial charge in [0.25, 0.3) is 0 Å². The molecular weight excluding hydrogens is 683 g/mol. The highest BCUT2D eigenvalue weighted by molar-refractivity contribution is 6.03. The van der Waals surface area contributed by atoms with Crippen LogP contribution in [0.2, 0.25) is 0 Å². The van der Waals surface area contributed by atoms with Crippen molar-refractivity contribution in [1.29, 1.82) is 0 Å². The zero-order valence-corrected chi connectivity index (χ0v) is 35.2. The summed E-state index contributed by atoms with van der Waals surface area (Å²) < 4.78 is 12.1. The first-order valence-electron chi connectivity index (χ1n) is 21.2. The van der Waals surface area contributed by atoms with E-state index in [1.165, 1.54) is 63.5 Å². The van der Waals surface area contributed by atoms with Crippen LogP contribution in [-0.2, 0) is 15.6 Å². The highest BCUT2D eigenvalue weighted by atomic mass is 16.5. The predicted octanol–water partition coefficient (Wildman–Crippen LogP) is 12.6.